The normalized spacial score (nSPS) is 11.2. The van der Waals surface area contributed by atoms with E-state index in [1.54, 1.807) is 18.2 Å². The van der Waals surface area contributed by atoms with Gasteiger partial charge in [0.05, 0.1) is 45.8 Å². The first-order valence-corrected chi connectivity index (χ1v) is 8.33. The Morgan fingerprint density at radius 1 is 0.767 bits per heavy atom. The highest BCUT2D eigenvalue weighted by atomic mass is 16.6. The van der Waals surface area contributed by atoms with Crippen molar-refractivity contribution in [3.8, 4) is 11.5 Å². The van der Waals surface area contributed by atoms with Crippen LogP contribution in [-0.2, 0) is 0 Å². The number of benzene rings is 2. The molecule has 0 spiro atoms. The fourth-order valence-corrected chi connectivity index (χ4v) is 2.35. The van der Waals surface area contributed by atoms with Gasteiger partial charge >= 0.3 is 0 Å². The van der Waals surface area contributed by atoms with Crippen molar-refractivity contribution in [2.24, 2.45) is 9.98 Å². The zero-order valence-electron chi connectivity index (χ0n) is 15.1. The Labute approximate surface area is 168 Å². The van der Waals surface area contributed by atoms with E-state index in [-0.39, 0.29) is 34.2 Å². The lowest BCUT2D eigenvalue weighted by atomic mass is 10.2. The molecular weight excluding hydrogens is 394 g/mol. The Hall–Kier alpha value is -4.67. The van der Waals surface area contributed by atoms with Gasteiger partial charge in [0.25, 0.3) is 11.4 Å². The molecule has 0 radical (unpaired) electrons. The third-order valence-corrected chi connectivity index (χ3v) is 3.80. The predicted molar refractivity (Wildman–Crippen MR) is 108 cm³/mol. The third kappa shape index (κ3) is 4.78. The number of hydrogen-bond donors (Lipinski definition) is 2. The molecule has 30 heavy (non-hydrogen) atoms. The van der Waals surface area contributed by atoms with Gasteiger partial charge in [-0.3, -0.25) is 30.2 Å². The molecule has 3 aromatic rings. The number of aliphatic imine (C=N–C) groups is 2. The quantitative estimate of drug-likeness (QED) is 0.356. The maximum atomic E-state index is 10.7. The largest absolute Gasteiger partial charge is 0.505 e. The first-order chi connectivity index (χ1) is 14.3. The van der Waals surface area contributed by atoms with Gasteiger partial charge in [-0.25, -0.2) is 4.98 Å². The second-order valence-electron chi connectivity index (χ2n) is 5.86. The van der Waals surface area contributed by atoms with Crippen molar-refractivity contribution in [1.29, 1.82) is 0 Å². The molecule has 11 nitrogen and oxygen atoms in total. The van der Waals surface area contributed by atoms with Crippen LogP contribution in [0.1, 0.15) is 11.4 Å². The molecule has 1 heterocycles. The number of nitro groups is 2. The van der Waals surface area contributed by atoms with Crippen molar-refractivity contribution in [1.82, 2.24) is 4.98 Å². The van der Waals surface area contributed by atoms with Crippen molar-refractivity contribution < 1.29 is 20.1 Å². The number of non-ortho nitro benzene ring substituents is 2. The fraction of sp³-hybridized carbons (Fsp3) is 0. The van der Waals surface area contributed by atoms with Crippen LogP contribution in [0.4, 0.5) is 22.7 Å². The van der Waals surface area contributed by atoms with Crippen LogP contribution in [0, 0.1) is 20.2 Å². The molecule has 2 aromatic carbocycles. The van der Waals surface area contributed by atoms with Crippen LogP contribution in [0.15, 0.2) is 64.6 Å². The minimum absolute atomic E-state index is 0.136. The van der Waals surface area contributed by atoms with E-state index in [4.69, 9.17) is 0 Å². The molecule has 0 unspecified atom stereocenters. The first kappa shape index (κ1) is 20.1. The smallest absolute Gasteiger partial charge is 0.273 e. The zero-order valence-corrected chi connectivity index (χ0v) is 15.1. The Morgan fingerprint density at radius 3 is 1.57 bits per heavy atom. The van der Waals surface area contributed by atoms with Gasteiger partial charge in [0, 0.05) is 12.1 Å². The fourth-order valence-electron chi connectivity index (χ4n) is 2.35. The van der Waals surface area contributed by atoms with Gasteiger partial charge in [0.15, 0.2) is 0 Å². The molecule has 0 saturated carbocycles. The Kier molecular flexibility index (Phi) is 5.73. The molecule has 3 rings (SSSR count). The molecule has 150 valence electrons. The predicted octanol–water partition coefficient (Wildman–Crippen LogP) is 3.81. The standard InChI is InChI=1S/C19H13N5O6/c25-18-8-14(23(27)28)4-6-16(18)20-10-12-2-1-3-13(22-12)11-21-17-7-5-15(24(29)30)9-19(17)26/h1-11,25-26H. The van der Waals surface area contributed by atoms with E-state index in [0.29, 0.717) is 11.4 Å². The lowest BCUT2D eigenvalue weighted by Crippen LogP contribution is -1.93. The minimum atomic E-state index is -0.625. The number of aromatic hydroxyl groups is 2. The summed E-state index contributed by atoms with van der Waals surface area (Å²) >= 11 is 0. The maximum Gasteiger partial charge on any atom is 0.273 e. The highest BCUT2D eigenvalue weighted by molar-refractivity contribution is 5.85. The summed E-state index contributed by atoms with van der Waals surface area (Å²) in [6.07, 6.45) is 2.73. The molecule has 1 aromatic heterocycles. The first-order valence-electron chi connectivity index (χ1n) is 8.33. The van der Waals surface area contributed by atoms with Gasteiger partial charge in [0.2, 0.25) is 0 Å². The second kappa shape index (κ2) is 8.56. The molecule has 0 amide bonds. The second-order valence-corrected chi connectivity index (χ2v) is 5.86. The highest BCUT2D eigenvalue weighted by Crippen LogP contribution is 2.31. The summed E-state index contributed by atoms with van der Waals surface area (Å²) in [5, 5.41) is 41.1. The van der Waals surface area contributed by atoms with E-state index < -0.39 is 9.85 Å². The van der Waals surface area contributed by atoms with Crippen LogP contribution in [0.3, 0.4) is 0 Å². The van der Waals surface area contributed by atoms with Crippen LogP contribution in [0.25, 0.3) is 0 Å². The average Bonchev–Trinajstić information content (AvgIpc) is 2.72. The number of nitro benzene ring substituents is 2. The van der Waals surface area contributed by atoms with Crippen LogP contribution in [0.2, 0.25) is 0 Å². The molecule has 0 bridgehead atoms. The Bertz CT molecular complexity index is 1100. The summed E-state index contributed by atoms with van der Waals surface area (Å²) in [5.74, 6) is -0.682. The summed E-state index contributed by atoms with van der Waals surface area (Å²) < 4.78 is 0. The monoisotopic (exact) mass is 407 g/mol. The SMILES string of the molecule is O=[N+]([O-])c1ccc(N=Cc2cccc(C=Nc3ccc([N+](=O)[O-])cc3O)n2)c(O)c1. The van der Waals surface area contributed by atoms with Crippen LogP contribution in [-0.4, -0.2) is 37.5 Å². The Morgan fingerprint density at radius 2 is 1.20 bits per heavy atom. The van der Waals surface area contributed by atoms with Crippen molar-refractivity contribution >= 4 is 35.2 Å². The molecule has 11 heteroatoms. The zero-order chi connectivity index (χ0) is 21.7. The molecular formula is C19H13N5O6. The number of phenolic OH excluding ortho intramolecular Hbond substituents is 2. The third-order valence-electron chi connectivity index (χ3n) is 3.80. The van der Waals surface area contributed by atoms with Crippen LogP contribution >= 0.6 is 0 Å². The summed E-state index contributed by atoms with van der Waals surface area (Å²) in [6, 6.07) is 12.0. The van der Waals surface area contributed by atoms with E-state index in [1.807, 2.05) is 0 Å². The van der Waals surface area contributed by atoms with Gasteiger partial charge in [-0.2, -0.15) is 0 Å². The van der Waals surface area contributed by atoms with Crippen LogP contribution in [0.5, 0.6) is 11.5 Å². The summed E-state index contributed by atoms with van der Waals surface area (Å²) in [7, 11) is 0. The number of nitrogens with zero attached hydrogens (tertiary/aromatic N) is 5. The van der Waals surface area contributed by atoms with Gasteiger partial charge in [-0.1, -0.05) is 6.07 Å². The van der Waals surface area contributed by atoms with E-state index in [1.165, 1.54) is 36.7 Å². The number of phenols is 2. The lowest BCUT2D eigenvalue weighted by Gasteiger charge is -2.00. The number of rotatable bonds is 6. The van der Waals surface area contributed by atoms with E-state index in [2.05, 4.69) is 15.0 Å². The highest BCUT2D eigenvalue weighted by Gasteiger charge is 2.10. The van der Waals surface area contributed by atoms with E-state index >= 15 is 0 Å². The number of hydrogen-bond acceptors (Lipinski definition) is 9. The molecule has 0 atom stereocenters. The molecule has 0 aliphatic carbocycles. The van der Waals surface area contributed by atoms with Gasteiger partial charge < -0.3 is 10.2 Å². The van der Waals surface area contributed by atoms with E-state index in [9.17, 15) is 30.4 Å². The summed E-state index contributed by atoms with van der Waals surface area (Å²) in [5.41, 5.74) is 0.610. The van der Waals surface area contributed by atoms with Gasteiger partial charge in [0.1, 0.15) is 22.9 Å². The average molecular weight is 407 g/mol. The molecule has 0 saturated heterocycles. The van der Waals surface area contributed by atoms with Crippen molar-refractivity contribution in [2.75, 3.05) is 0 Å². The van der Waals surface area contributed by atoms with Gasteiger partial charge in [-0.15, -0.1) is 0 Å². The van der Waals surface area contributed by atoms with Gasteiger partial charge in [-0.05, 0) is 24.3 Å². The van der Waals surface area contributed by atoms with Crippen molar-refractivity contribution in [3.63, 3.8) is 0 Å². The van der Waals surface area contributed by atoms with E-state index in [0.717, 1.165) is 12.1 Å². The molecule has 0 aliphatic rings. The number of pyridine rings is 1. The number of aromatic nitrogens is 1. The Balaban J connectivity index is 1.78. The van der Waals surface area contributed by atoms with Crippen molar-refractivity contribution in [3.05, 3.63) is 86.2 Å². The van der Waals surface area contributed by atoms with Crippen molar-refractivity contribution in [2.45, 2.75) is 0 Å². The molecule has 2 N–H and O–H groups in total. The summed E-state index contributed by atoms with van der Waals surface area (Å²) in [6.45, 7) is 0. The molecule has 0 fully saturated rings. The molecule has 0 aliphatic heterocycles. The van der Waals surface area contributed by atoms with Crippen LogP contribution < -0.4 is 0 Å². The lowest BCUT2D eigenvalue weighted by molar-refractivity contribution is -0.385. The summed E-state index contributed by atoms with van der Waals surface area (Å²) in [4.78, 5) is 32.6. The topological polar surface area (TPSA) is 164 Å². The minimum Gasteiger partial charge on any atom is -0.505 e. The maximum absolute atomic E-state index is 10.7.